The minimum Gasteiger partial charge on any atom is -0.233 e. The van der Waals surface area contributed by atoms with Crippen molar-refractivity contribution in [1.29, 1.82) is 0 Å². The highest BCUT2D eigenvalue weighted by Gasteiger charge is 2.44. The maximum Gasteiger partial charge on any atom is 0.408 e. The van der Waals surface area contributed by atoms with E-state index in [0.717, 1.165) is 22.3 Å². The number of fused-ring (bicyclic) bond motifs is 1. The SMILES string of the molecule is CN(Sc1ccn2ncnc2c1)[C@H](c1ccc(F)c(F)c1)C(F)(F)F. The summed E-state index contributed by atoms with van der Waals surface area (Å²) in [5.74, 6) is -2.52. The molecule has 0 radical (unpaired) electrons. The fourth-order valence-electron chi connectivity index (χ4n) is 2.36. The maximum absolute atomic E-state index is 13.5. The molecule has 0 N–H and O–H groups in total. The molecule has 0 saturated carbocycles. The minimum atomic E-state index is -4.68. The average molecular weight is 374 g/mol. The van der Waals surface area contributed by atoms with Crippen molar-refractivity contribution in [3.63, 3.8) is 0 Å². The van der Waals surface area contributed by atoms with Gasteiger partial charge in [0.1, 0.15) is 12.4 Å². The third kappa shape index (κ3) is 3.74. The molecule has 25 heavy (non-hydrogen) atoms. The summed E-state index contributed by atoms with van der Waals surface area (Å²) in [7, 11) is 1.23. The summed E-state index contributed by atoms with van der Waals surface area (Å²) in [4.78, 5) is 4.47. The number of rotatable bonds is 4. The van der Waals surface area contributed by atoms with E-state index in [1.54, 1.807) is 18.3 Å². The molecule has 0 spiro atoms. The lowest BCUT2D eigenvalue weighted by molar-refractivity contribution is -0.170. The van der Waals surface area contributed by atoms with Crippen LogP contribution in [0.4, 0.5) is 22.0 Å². The Labute approximate surface area is 143 Å². The molecule has 3 aromatic rings. The maximum atomic E-state index is 13.5. The van der Waals surface area contributed by atoms with E-state index in [4.69, 9.17) is 0 Å². The standard InChI is InChI=1S/C15H11F5N4S/c1-23(25-10-4-5-24-13(7-10)21-8-22-24)14(15(18,19)20)9-2-3-11(16)12(17)6-9/h2-8,14H,1H3/t14-/m1/s1. The van der Waals surface area contributed by atoms with Crippen LogP contribution in [-0.4, -0.2) is 32.1 Å². The van der Waals surface area contributed by atoms with E-state index in [9.17, 15) is 22.0 Å². The van der Waals surface area contributed by atoms with Crippen molar-refractivity contribution in [3.05, 3.63) is 60.1 Å². The molecule has 1 atom stereocenters. The summed E-state index contributed by atoms with van der Waals surface area (Å²) in [6, 6.07) is 3.22. The summed E-state index contributed by atoms with van der Waals surface area (Å²) in [6.45, 7) is 0. The number of nitrogens with zero attached hydrogens (tertiary/aromatic N) is 4. The van der Waals surface area contributed by atoms with Gasteiger partial charge in [0.05, 0.1) is 0 Å². The molecular weight excluding hydrogens is 363 g/mol. The number of alkyl halides is 3. The van der Waals surface area contributed by atoms with Crippen molar-refractivity contribution in [3.8, 4) is 0 Å². The summed E-state index contributed by atoms with van der Waals surface area (Å²) >= 11 is 0.818. The molecule has 0 saturated heterocycles. The Morgan fingerprint density at radius 2 is 1.88 bits per heavy atom. The second kappa shape index (κ2) is 6.60. The highest BCUT2D eigenvalue weighted by Crippen LogP contribution is 2.42. The number of pyridine rings is 1. The Balaban J connectivity index is 1.91. The molecule has 4 nitrogen and oxygen atoms in total. The first-order valence-electron chi connectivity index (χ1n) is 6.97. The summed E-state index contributed by atoms with van der Waals surface area (Å²) in [5.41, 5.74) is 0.0970. The molecule has 0 fully saturated rings. The number of hydrogen-bond acceptors (Lipinski definition) is 4. The Bertz CT molecular complexity index is 895. The van der Waals surface area contributed by atoms with Crippen LogP contribution in [0.3, 0.4) is 0 Å². The van der Waals surface area contributed by atoms with Crippen molar-refractivity contribution >= 4 is 17.6 Å². The number of benzene rings is 1. The van der Waals surface area contributed by atoms with Crippen molar-refractivity contribution in [2.75, 3.05) is 7.05 Å². The summed E-state index contributed by atoms with van der Waals surface area (Å²) < 4.78 is 69.3. The third-order valence-corrected chi connectivity index (χ3v) is 4.40. The fraction of sp³-hybridized carbons (Fsp3) is 0.200. The van der Waals surface area contributed by atoms with E-state index in [-0.39, 0.29) is 5.56 Å². The van der Waals surface area contributed by atoms with Crippen molar-refractivity contribution in [2.45, 2.75) is 17.1 Å². The highest BCUT2D eigenvalue weighted by molar-refractivity contribution is 7.97. The number of halogens is 5. The van der Waals surface area contributed by atoms with Crippen LogP contribution >= 0.6 is 11.9 Å². The van der Waals surface area contributed by atoms with E-state index >= 15 is 0 Å². The molecule has 2 aromatic heterocycles. The minimum absolute atomic E-state index is 0.384. The lowest BCUT2D eigenvalue weighted by Gasteiger charge is -2.29. The van der Waals surface area contributed by atoms with E-state index in [0.29, 0.717) is 22.7 Å². The quantitative estimate of drug-likeness (QED) is 0.505. The highest BCUT2D eigenvalue weighted by atomic mass is 32.2. The predicted octanol–water partition coefficient (Wildman–Crippen LogP) is 4.25. The van der Waals surface area contributed by atoms with Gasteiger partial charge in [-0.05, 0) is 48.8 Å². The van der Waals surface area contributed by atoms with Gasteiger partial charge in [-0.15, -0.1) is 0 Å². The summed E-state index contributed by atoms with van der Waals surface area (Å²) in [5, 5.41) is 3.90. The molecule has 0 aliphatic rings. The van der Waals surface area contributed by atoms with Crippen molar-refractivity contribution in [1.82, 2.24) is 18.9 Å². The van der Waals surface area contributed by atoms with Crippen molar-refractivity contribution < 1.29 is 22.0 Å². The molecule has 0 aliphatic heterocycles. The van der Waals surface area contributed by atoms with Crippen LogP contribution in [0, 0.1) is 11.6 Å². The Kier molecular flexibility index (Phi) is 4.65. The molecule has 0 amide bonds. The lowest BCUT2D eigenvalue weighted by atomic mass is 10.1. The monoisotopic (exact) mass is 374 g/mol. The molecule has 2 heterocycles. The summed E-state index contributed by atoms with van der Waals surface area (Å²) in [6.07, 6.45) is -1.78. The van der Waals surface area contributed by atoms with Crippen LogP contribution in [-0.2, 0) is 0 Å². The van der Waals surface area contributed by atoms with E-state index in [1.165, 1.54) is 17.9 Å². The van der Waals surface area contributed by atoms with Gasteiger partial charge < -0.3 is 0 Å². The van der Waals surface area contributed by atoms with Crippen molar-refractivity contribution in [2.24, 2.45) is 0 Å². The molecule has 0 bridgehead atoms. The Morgan fingerprint density at radius 3 is 2.56 bits per heavy atom. The first-order valence-corrected chi connectivity index (χ1v) is 7.75. The van der Waals surface area contributed by atoms with Gasteiger partial charge in [-0.25, -0.2) is 22.6 Å². The zero-order valence-corrected chi connectivity index (χ0v) is 13.5. The molecule has 3 rings (SSSR count). The first kappa shape index (κ1) is 17.6. The van der Waals surface area contributed by atoms with Crippen LogP contribution in [0.15, 0.2) is 47.8 Å². The molecule has 10 heteroatoms. The first-order chi connectivity index (χ1) is 11.8. The molecule has 1 aromatic carbocycles. The molecule has 0 aliphatic carbocycles. The molecular formula is C15H11F5N4S. The van der Waals surface area contributed by atoms with E-state index in [2.05, 4.69) is 10.1 Å². The van der Waals surface area contributed by atoms with Gasteiger partial charge in [0.15, 0.2) is 17.3 Å². The van der Waals surface area contributed by atoms with Gasteiger partial charge in [-0.3, -0.25) is 0 Å². The molecule has 132 valence electrons. The van der Waals surface area contributed by atoms with Gasteiger partial charge in [-0.2, -0.15) is 18.3 Å². The number of aromatic nitrogens is 3. The van der Waals surface area contributed by atoms with Gasteiger partial charge in [-0.1, -0.05) is 6.07 Å². The lowest BCUT2D eigenvalue weighted by Crippen LogP contribution is -2.32. The zero-order chi connectivity index (χ0) is 18.2. The fourth-order valence-corrected chi connectivity index (χ4v) is 3.32. The van der Waals surface area contributed by atoms with Crippen LogP contribution in [0.25, 0.3) is 5.65 Å². The smallest absolute Gasteiger partial charge is 0.233 e. The van der Waals surface area contributed by atoms with Crippen LogP contribution in [0.1, 0.15) is 11.6 Å². The van der Waals surface area contributed by atoms with E-state index < -0.39 is 23.9 Å². The topological polar surface area (TPSA) is 33.4 Å². The van der Waals surface area contributed by atoms with Crippen LogP contribution < -0.4 is 0 Å². The van der Waals surface area contributed by atoms with E-state index in [1.807, 2.05) is 0 Å². The van der Waals surface area contributed by atoms with Crippen LogP contribution in [0.2, 0.25) is 0 Å². The molecule has 0 unspecified atom stereocenters. The van der Waals surface area contributed by atoms with Crippen LogP contribution in [0.5, 0.6) is 0 Å². The van der Waals surface area contributed by atoms with Gasteiger partial charge >= 0.3 is 6.18 Å². The Hall–Kier alpha value is -2.20. The second-order valence-corrected chi connectivity index (χ2v) is 6.41. The third-order valence-electron chi connectivity index (χ3n) is 3.43. The van der Waals surface area contributed by atoms with Gasteiger partial charge in [0.25, 0.3) is 0 Å². The largest absolute Gasteiger partial charge is 0.408 e. The normalized spacial score (nSPS) is 13.6. The number of hydrogen-bond donors (Lipinski definition) is 0. The predicted molar refractivity (Wildman–Crippen MR) is 81.8 cm³/mol. The zero-order valence-electron chi connectivity index (χ0n) is 12.7. The average Bonchev–Trinajstić information content (AvgIpc) is 2.97. The Morgan fingerprint density at radius 1 is 1.12 bits per heavy atom. The van der Waals surface area contributed by atoms with Gasteiger partial charge in [0, 0.05) is 11.1 Å². The second-order valence-electron chi connectivity index (χ2n) is 5.18. The van der Waals surface area contributed by atoms with Gasteiger partial charge in [0.2, 0.25) is 0 Å².